The Balaban J connectivity index is 2.30. The third-order valence-corrected chi connectivity index (χ3v) is 2.84. The normalized spacial score (nSPS) is 15.5. The standard InChI is InChI=1S/C15H16/c1-12-8-6-7-11-15(12)13(2)14-9-4-3-5-10-14/h3-5,8-11H,2,6-7H2,1H3. The molecular formula is C15H16. The summed E-state index contributed by atoms with van der Waals surface area (Å²) in [5.41, 5.74) is 5.03. The molecule has 0 fully saturated rings. The quantitative estimate of drug-likeness (QED) is 0.659. The van der Waals surface area contributed by atoms with E-state index in [0.29, 0.717) is 0 Å². The Morgan fingerprint density at radius 1 is 1.07 bits per heavy atom. The highest BCUT2D eigenvalue weighted by molar-refractivity contribution is 5.82. The fourth-order valence-corrected chi connectivity index (χ4v) is 1.95. The van der Waals surface area contributed by atoms with E-state index in [1.807, 2.05) is 6.07 Å². The van der Waals surface area contributed by atoms with Gasteiger partial charge < -0.3 is 0 Å². The van der Waals surface area contributed by atoms with Crippen molar-refractivity contribution in [3.8, 4) is 0 Å². The highest BCUT2D eigenvalue weighted by Gasteiger charge is 2.09. The molecule has 1 aromatic rings. The van der Waals surface area contributed by atoms with Gasteiger partial charge in [0.25, 0.3) is 0 Å². The smallest absolute Gasteiger partial charge is 0.0184 e. The Hall–Kier alpha value is -1.56. The van der Waals surface area contributed by atoms with Crippen LogP contribution in [0.1, 0.15) is 25.3 Å². The molecular weight excluding hydrogens is 180 g/mol. The van der Waals surface area contributed by atoms with Crippen molar-refractivity contribution in [1.82, 2.24) is 0 Å². The van der Waals surface area contributed by atoms with E-state index in [2.05, 4.69) is 49.9 Å². The monoisotopic (exact) mass is 196 g/mol. The summed E-state index contributed by atoms with van der Waals surface area (Å²) in [6.45, 7) is 6.36. The van der Waals surface area contributed by atoms with Crippen molar-refractivity contribution in [2.75, 3.05) is 0 Å². The van der Waals surface area contributed by atoms with Crippen molar-refractivity contribution in [2.24, 2.45) is 0 Å². The Bertz CT molecular complexity index is 419. The second kappa shape index (κ2) is 4.31. The summed E-state index contributed by atoms with van der Waals surface area (Å²) in [6, 6.07) is 10.4. The number of rotatable bonds is 2. The van der Waals surface area contributed by atoms with Crippen molar-refractivity contribution in [1.29, 1.82) is 0 Å². The third kappa shape index (κ3) is 2.10. The molecule has 1 aliphatic rings. The predicted molar refractivity (Wildman–Crippen MR) is 66.6 cm³/mol. The van der Waals surface area contributed by atoms with Gasteiger partial charge in [-0.05, 0) is 42.0 Å². The molecule has 0 unspecified atom stereocenters. The molecule has 1 aliphatic carbocycles. The first-order chi connectivity index (χ1) is 7.29. The first kappa shape index (κ1) is 9.97. The zero-order valence-electron chi connectivity index (χ0n) is 9.16. The summed E-state index contributed by atoms with van der Waals surface area (Å²) < 4.78 is 0. The Labute approximate surface area is 91.6 Å². The first-order valence-electron chi connectivity index (χ1n) is 5.41. The third-order valence-electron chi connectivity index (χ3n) is 2.84. The molecule has 0 saturated carbocycles. The van der Waals surface area contributed by atoms with Crippen molar-refractivity contribution < 1.29 is 0 Å². The molecule has 0 bridgehead atoms. The molecule has 76 valence electrons. The second-order valence-electron chi connectivity index (χ2n) is 3.93. The summed E-state index contributed by atoms with van der Waals surface area (Å²) in [6.07, 6.45) is 6.89. The fraction of sp³-hybridized carbons (Fsp3) is 0.200. The summed E-state index contributed by atoms with van der Waals surface area (Å²) in [7, 11) is 0. The van der Waals surface area contributed by atoms with Crippen LogP contribution in [0.2, 0.25) is 0 Å². The maximum atomic E-state index is 4.19. The van der Waals surface area contributed by atoms with E-state index in [0.717, 1.165) is 18.4 Å². The highest BCUT2D eigenvalue weighted by Crippen LogP contribution is 2.30. The molecule has 0 spiro atoms. The van der Waals surface area contributed by atoms with E-state index >= 15 is 0 Å². The molecule has 0 saturated heterocycles. The molecule has 0 aromatic heterocycles. The topological polar surface area (TPSA) is 0 Å². The van der Waals surface area contributed by atoms with E-state index in [1.54, 1.807) is 0 Å². The molecule has 2 rings (SSSR count). The average Bonchev–Trinajstić information content (AvgIpc) is 2.30. The number of hydrogen-bond acceptors (Lipinski definition) is 0. The van der Waals surface area contributed by atoms with Crippen LogP contribution in [0, 0.1) is 0 Å². The van der Waals surface area contributed by atoms with Gasteiger partial charge in [-0.2, -0.15) is 0 Å². The molecule has 1 aromatic carbocycles. The van der Waals surface area contributed by atoms with Gasteiger partial charge in [0.2, 0.25) is 0 Å². The summed E-state index contributed by atoms with van der Waals surface area (Å²) in [4.78, 5) is 0. The van der Waals surface area contributed by atoms with E-state index in [-0.39, 0.29) is 0 Å². The summed E-state index contributed by atoms with van der Waals surface area (Å²) >= 11 is 0. The zero-order chi connectivity index (χ0) is 10.7. The molecule has 0 radical (unpaired) electrons. The maximum Gasteiger partial charge on any atom is -0.0184 e. The van der Waals surface area contributed by atoms with Crippen LogP contribution in [0.5, 0.6) is 0 Å². The van der Waals surface area contributed by atoms with Crippen LogP contribution in [0.4, 0.5) is 0 Å². The van der Waals surface area contributed by atoms with Crippen molar-refractivity contribution in [3.05, 3.63) is 65.8 Å². The lowest BCUT2D eigenvalue weighted by molar-refractivity contribution is 1.00. The maximum absolute atomic E-state index is 4.19. The van der Waals surface area contributed by atoms with E-state index in [1.165, 1.54) is 16.7 Å². The SMILES string of the molecule is C=C(C1=CCCC=C1C)c1ccccc1. The lowest BCUT2D eigenvalue weighted by atomic mass is 9.90. The van der Waals surface area contributed by atoms with Gasteiger partial charge in [0.15, 0.2) is 0 Å². The van der Waals surface area contributed by atoms with Crippen LogP contribution in [0.25, 0.3) is 5.57 Å². The van der Waals surface area contributed by atoms with Crippen LogP contribution in [-0.2, 0) is 0 Å². The van der Waals surface area contributed by atoms with Crippen LogP contribution >= 0.6 is 0 Å². The van der Waals surface area contributed by atoms with Crippen LogP contribution in [0.3, 0.4) is 0 Å². The minimum absolute atomic E-state index is 1.14. The minimum atomic E-state index is 1.14. The summed E-state index contributed by atoms with van der Waals surface area (Å²) in [5.74, 6) is 0. The Morgan fingerprint density at radius 3 is 2.40 bits per heavy atom. The Morgan fingerprint density at radius 2 is 1.73 bits per heavy atom. The largest absolute Gasteiger partial charge is 0.0906 e. The van der Waals surface area contributed by atoms with Gasteiger partial charge in [-0.3, -0.25) is 0 Å². The molecule has 0 heteroatoms. The van der Waals surface area contributed by atoms with E-state index in [4.69, 9.17) is 0 Å². The van der Waals surface area contributed by atoms with Crippen LogP contribution < -0.4 is 0 Å². The summed E-state index contributed by atoms with van der Waals surface area (Å²) in [5, 5.41) is 0. The lowest BCUT2D eigenvalue weighted by Gasteiger charge is -2.15. The van der Waals surface area contributed by atoms with Gasteiger partial charge in [0.05, 0.1) is 0 Å². The van der Waals surface area contributed by atoms with E-state index in [9.17, 15) is 0 Å². The molecule has 0 aliphatic heterocycles. The molecule has 0 atom stereocenters. The van der Waals surface area contributed by atoms with Gasteiger partial charge in [0.1, 0.15) is 0 Å². The van der Waals surface area contributed by atoms with Crippen LogP contribution in [-0.4, -0.2) is 0 Å². The highest BCUT2D eigenvalue weighted by atomic mass is 14.1. The molecule has 0 N–H and O–H groups in total. The molecule has 15 heavy (non-hydrogen) atoms. The number of hydrogen-bond donors (Lipinski definition) is 0. The fourth-order valence-electron chi connectivity index (χ4n) is 1.95. The lowest BCUT2D eigenvalue weighted by Crippen LogP contribution is -1.94. The first-order valence-corrected chi connectivity index (χ1v) is 5.41. The number of allylic oxidation sites excluding steroid dienone is 5. The van der Waals surface area contributed by atoms with E-state index < -0.39 is 0 Å². The van der Waals surface area contributed by atoms with Crippen molar-refractivity contribution >= 4 is 5.57 Å². The average molecular weight is 196 g/mol. The van der Waals surface area contributed by atoms with Gasteiger partial charge >= 0.3 is 0 Å². The molecule has 0 nitrogen and oxygen atoms in total. The van der Waals surface area contributed by atoms with Gasteiger partial charge in [-0.1, -0.05) is 49.1 Å². The van der Waals surface area contributed by atoms with Gasteiger partial charge in [-0.25, -0.2) is 0 Å². The molecule has 0 heterocycles. The number of benzene rings is 1. The zero-order valence-corrected chi connectivity index (χ0v) is 9.16. The van der Waals surface area contributed by atoms with Crippen molar-refractivity contribution in [3.63, 3.8) is 0 Å². The van der Waals surface area contributed by atoms with Gasteiger partial charge in [0, 0.05) is 0 Å². The molecule has 0 amide bonds. The van der Waals surface area contributed by atoms with Crippen molar-refractivity contribution in [2.45, 2.75) is 19.8 Å². The van der Waals surface area contributed by atoms with Gasteiger partial charge in [-0.15, -0.1) is 0 Å². The van der Waals surface area contributed by atoms with Crippen LogP contribution in [0.15, 0.2) is 60.2 Å². The minimum Gasteiger partial charge on any atom is -0.0906 e. The Kier molecular flexibility index (Phi) is 2.86. The second-order valence-corrected chi connectivity index (χ2v) is 3.93. The predicted octanol–water partition coefficient (Wildman–Crippen LogP) is 4.37.